The molecule has 1 atom stereocenters. The van der Waals surface area contributed by atoms with Gasteiger partial charge in [-0.25, -0.2) is 8.42 Å². The molecule has 0 amide bonds. The molecule has 10 heteroatoms. The number of nitrogens with zero attached hydrogens (tertiary/aromatic N) is 1. The molecular formula is C19H16Cl2N2O4S2. The van der Waals surface area contributed by atoms with Crippen LogP contribution in [0, 0.1) is 5.92 Å². The predicted octanol–water partition coefficient (Wildman–Crippen LogP) is 4.92. The van der Waals surface area contributed by atoms with E-state index in [0.29, 0.717) is 30.6 Å². The number of hydrogen-bond acceptors (Lipinski definition) is 5. The summed E-state index contributed by atoms with van der Waals surface area (Å²) in [6, 6.07) is 12.2. The number of rotatable bonds is 5. The van der Waals surface area contributed by atoms with Gasteiger partial charge in [0.1, 0.15) is 9.23 Å². The van der Waals surface area contributed by atoms with E-state index in [-0.39, 0.29) is 13.6 Å². The zero-order valence-corrected chi connectivity index (χ0v) is 18.1. The summed E-state index contributed by atoms with van der Waals surface area (Å²) < 4.78 is 28.6. The lowest BCUT2D eigenvalue weighted by molar-refractivity contribution is -0.140. The van der Waals surface area contributed by atoms with Crippen molar-refractivity contribution in [3.8, 4) is 0 Å². The highest BCUT2D eigenvalue weighted by Gasteiger charge is 2.29. The van der Waals surface area contributed by atoms with E-state index in [9.17, 15) is 18.3 Å². The van der Waals surface area contributed by atoms with E-state index in [4.69, 9.17) is 23.2 Å². The number of fused-ring (bicyclic) bond motifs is 1. The normalized spacial score (nSPS) is 17.0. The van der Waals surface area contributed by atoms with Crippen LogP contribution in [0.1, 0.15) is 6.42 Å². The van der Waals surface area contributed by atoms with Gasteiger partial charge in [-0.15, -0.1) is 11.3 Å². The third-order valence-electron chi connectivity index (χ3n) is 4.94. The molecule has 0 unspecified atom stereocenters. The Balaban J connectivity index is 1.73. The second-order valence-corrected chi connectivity index (χ2v) is 10.7. The number of carboxylic acids is 1. The van der Waals surface area contributed by atoms with Crippen LogP contribution in [-0.2, 0) is 14.8 Å². The molecule has 1 fully saturated rings. The quantitative estimate of drug-likeness (QED) is 0.552. The molecule has 4 rings (SSSR count). The Labute approximate surface area is 181 Å². The van der Waals surface area contributed by atoms with E-state index < -0.39 is 21.9 Å². The fourth-order valence-corrected chi connectivity index (χ4v) is 6.77. The number of nitrogens with one attached hydrogen (secondary N) is 1. The van der Waals surface area contributed by atoms with Crippen molar-refractivity contribution in [2.24, 2.45) is 5.92 Å². The van der Waals surface area contributed by atoms with Crippen molar-refractivity contribution in [1.29, 1.82) is 0 Å². The Morgan fingerprint density at radius 2 is 1.90 bits per heavy atom. The van der Waals surface area contributed by atoms with Crippen molar-refractivity contribution in [1.82, 2.24) is 0 Å². The minimum Gasteiger partial charge on any atom is -0.481 e. The van der Waals surface area contributed by atoms with E-state index in [1.165, 1.54) is 6.07 Å². The molecule has 0 aliphatic carbocycles. The highest BCUT2D eigenvalue weighted by atomic mass is 35.5. The maximum Gasteiger partial charge on any atom is 0.308 e. The van der Waals surface area contributed by atoms with Gasteiger partial charge in [-0.2, -0.15) is 0 Å². The molecule has 1 aliphatic rings. The maximum atomic E-state index is 12.8. The van der Waals surface area contributed by atoms with E-state index in [1.54, 1.807) is 6.07 Å². The van der Waals surface area contributed by atoms with Crippen LogP contribution >= 0.6 is 34.5 Å². The molecule has 6 nitrogen and oxygen atoms in total. The Bertz CT molecular complexity index is 1210. The molecule has 29 heavy (non-hydrogen) atoms. The van der Waals surface area contributed by atoms with Crippen LogP contribution in [-0.4, -0.2) is 32.6 Å². The smallest absolute Gasteiger partial charge is 0.308 e. The number of sulfonamides is 1. The Morgan fingerprint density at radius 3 is 2.52 bits per heavy atom. The third-order valence-corrected chi connectivity index (χ3v) is 8.06. The Hall–Kier alpha value is -2.00. The number of hydrogen-bond donors (Lipinski definition) is 2. The van der Waals surface area contributed by atoms with Crippen LogP contribution < -0.4 is 9.62 Å². The Kier molecular flexibility index (Phi) is 5.37. The molecule has 1 saturated heterocycles. The SMILES string of the molecule is O=C(O)[C@@H]1CCN(c2ccc(NS(=O)(=O)c3cc(Cl)sc3Cl)c3ccccc23)C1. The number of aliphatic carboxylic acids is 1. The van der Waals surface area contributed by atoms with E-state index in [1.807, 2.05) is 35.2 Å². The standard InChI is InChI=1S/C19H16Cl2N2O4S2/c20-17-9-16(18(21)28-17)29(26,27)22-14-5-6-15(13-4-2-1-3-12(13)14)23-8-7-11(10-23)19(24)25/h1-6,9,11,22H,7-8,10H2,(H,24,25)/t11-/m1/s1. The van der Waals surface area contributed by atoms with Crippen molar-refractivity contribution in [3.63, 3.8) is 0 Å². The fourth-order valence-electron chi connectivity index (χ4n) is 3.54. The fraction of sp³-hybridized carbons (Fsp3) is 0.211. The lowest BCUT2D eigenvalue weighted by Gasteiger charge is -2.22. The first-order valence-electron chi connectivity index (χ1n) is 8.73. The summed E-state index contributed by atoms with van der Waals surface area (Å²) in [6.45, 7) is 1.06. The van der Waals surface area contributed by atoms with Crippen molar-refractivity contribution in [2.75, 3.05) is 22.7 Å². The first-order chi connectivity index (χ1) is 13.8. The molecule has 2 N–H and O–H groups in total. The summed E-state index contributed by atoms with van der Waals surface area (Å²) in [5.74, 6) is -1.20. The average molecular weight is 471 g/mol. The van der Waals surface area contributed by atoms with Gasteiger partial charge in [-0.05, 0) is 24.6 Å². The van der Waals surface area contributed by atoms with Crippen LogP contribution in [0.2, 0.25) is 8.67 Å². The number of benzene rings is 2. The molecule has 1 aliphatic heterocycles. The minimum atomic E-state index is -3.91. The number of anilines is 2. The minimum absolute atomic E-state index is 0.0637. The molecule has 0 bridgehead atoms. The van der Waals surface area contributed by atoms with Gasteiger partial charge >= 0.3 is 5.97 Å². The number of halogens is 2. The molecule has 3 aromatic rings. The lowest BCUT2D eigenvalue weighted by atomic mass is 10.1. The topological polar surface area (TPSA) is 86.7 Å². The zero-order chi connectivity index (χ0) is 20.8. The monoisotopic (exact) mass is 470 g/mol. The van der Waals surface area contributed by atoms with Crippen LogP contribution in [0.25, 0.3) is 10.8 Å². The zero-order valence-electron chi connectivity index (χ0n) is 14.9. The van der Waals surface area contributed by atoms with Crippen LogP contribution in [0.5, 0.6) is 0 Å². The van der Waals surface area contributed by atoms with Gasteiger partial charge in [0.05, 0.1) is 15.9 Å². The second-order valence-electron chi connectivity index (χ2n) is 6.74. The lowest BCUT2D eigenvalue weighted by Crippen LogP contribution is -2.23. The van der Waals surface area contributed by atoms with E-state index in [0.717, 1.165) is 22.4 Å². The largest absolute Gasteiger partial charge is 0.481 e. The highest BCUT2D eigenvalue weighted by Crippen LogP contribution is 2.38. The predicted molar refractivity (Wildman–Crippen MR) is 117 cm³/mol. The number of carboxylic acid groups (broad SMARTS) is 1. The van der Waals surface area contributed by atoms with Crippen molar-refractivity contribution < 1.29 is 18.3 Å². The maximum absolute atomic E-state index is 12.8. The van der Waals surface area contributed by atoms with E-state index in [2.05, 4.69) is 4.72 Å². The van der Waals surface area contributed by atoms with Gasteiger partial charge in [0, 0.05) is 29.5 Å². The summed E-state index contributed by atoms with van der Waals surface area (Å²) in [5, 5.41) is 10.8. The molecule has 0 radical (unpaired) electrons. The van der Waals surface area contributed by atoms with Gasteiger partial charge in [0.25, 0.3) is 10.0 Å². The molecule has 0 saturated carbocycles. The third kappa shape index (κ3) is 3.90. The average Bonchev–Trinajstić information content (AvgIpc) is 3.29. The Morgan fingerprint density at radius 1 is 1.17 bits per heavy atom. The molecular weight excluding hydrogens is 455 g/mol. The molecule has 2 aromatic carbocycles. The van der Waals surface area contributed by atoms with Gasteiger partial charge in [0.15, 0.2) is 0 Å². The highest BCUT2D eigenvalue weighted by molar-refractivity contribution is 7.93. The second kappa shape index (κ2) is 7.68. The van der Waals surface area contributed by atoms with Gasteiger partial charge < -0.3 is 10.0 Å². The molecule has 1 aromatic heterocycles. The number of carbonyl (C=O) groups is 1. The summed E-state index contributed by atoms with van der Waals surface area (Å²) in [7, 11) is -3.91. The van der Waals surface area contributed by atoms with Crippen LogP contribution in [0.4, 0.5) is 11.4 Å². The summed E-state index contributed by atoms with van der Waals surface area (Å²) >= 11 is 12.9. The molecule has 2 heterocycles. The van der Waals surface area contributed by atoms with Crippen LogP contribution in [0.15, 0.2) is 47.4 Å². The summed E-state index contributed by atoms with van der Waals surface area (Å²) in [4.78, 5) is 13.3. The first kappa shape index (κ1) is 20.3. The van der Waals surface area contributed by atoms with Crippen molar-refractivity contribution in [2.45, 2.75) is 11.3 Å². The van der Waals surface area contributed by atoms with E-state index >= 15 is 0 Å². The molecule has 152 valence electrons. The van der Waals surface area contributed by atoms with Crippen molar-refractivity contribution >= 4 is 72.7 Å². The van der Waals surface area contributed by atoms with Crippen molar-refractivity contribution in [3.05, 3.63) is 51.1 Å². The van der Waals surface area contributed by atoms with Gasteiger partial charge in [-0.3, -0.25) is 9.52 Å². The first-order valence-corrected chi connectivity index (χ1v) is 11.8. The van der Waals surface area contributed by atoms with Gasteiger partial charge in [-0.1, -0.05) is 47.5 Å². The van der Waals surface area contributed by atoms with Crippen LogP contribution in [0.3, 0.4) is 0 Å². The molecule has 0 spiro atoms. The summed E-state index contributed by atoms with van der Waals surface area (Å²) in [6.07, 6.45) is 0.579. The van der Waals surface area contributed by atoms with Gasteiger partial charge in [0.2, 0.25) is 0 Å². The number of thiophene rings is 1. The summed E-state index contributed by atoms with van der Waals surface area (Å²) in [5.41, 5.74) is 1.29.